The van der Waals surface area contributed by atoms with Crippen LogP contribution in [-0.4, -0.2) is 66.0 Å². The smallest absolute Gasteiger partial charge is 0.355 e. The number of carbonyl (C=O) groups excluding carboxylic acids is 1. The Bertz CT molecular complexity index is 431. The molecule has 18 heavy (non-hydrogen) atoms. The molecule has 0 bridgehead atoms. The molecule has 0 aliphatic heterocycles. The predicted molar refractivity (Wildman–Crippen MR) is 69.2 cm³/mol. The molecule has 1 N–H and O–H groups in total. The Morgan fingerprint density at radius 1 is 1.33 bits per heavy atom. The Labute approximate surface area is 110 Å². The van der Waals surface area contributed by atoms with Crippen LogP contribution in [0.25, 0.3) is 0 Å². The highest BCUT2D eigenvalue weighted by atomic mass is 32.1. The molecular weight excluding hydrogens is 254 g/mol. The lowest BCUT2D eigenvalue weighted by Gasteiger charge is -2.17. The normalized spacial score (nSPS) is 10.7. The lowest BCUT2D eigenvalue weighted by Crippen LogP contribution is -2.29. The number of carboxylic acids is 1. The van der Waals surface area contributed by atoms with Gasteiger partial charge in [0.15, 0.2) is 10.7 Å². The predicted octanol–water partition coefficient (Wildman–Crippen LogP) is 0.865. The number of amides is 1. The summed E-state index contributed by atoms with van der Waals surface area (Å²) in [6, 6.07) is 0. The molecule has 0 fully saturated rings. The minimum Gasteiger partial charge on any atom is -0.476 e. The molecule has 0 unspecified atom stereocenters. The molecule has 0 aliphatic rings. The van der Waals surface area contributed by atoms with Crippen LogP contribution >= 0.6 is 11.3 Å². The van der Waals surface area contributed by atoms with E-state index in [1.165, 1.54) is 5.38 Å². The summed E-state index contributed by atoms with van der Waals surface area (Å²) in [6.07, 6.45) is 0.867. The van der Waals surface area contributed by atoms with Crippen molar-refractivity contribution < 1.29 is 14.7 Å². The highest BCUT2D eigenvalue weighted by molar-refractivity contribution is 7.11. The third-order valence-corrected chi connectivity index (χ3v) is 3.18. The highest BCUT2D eigenvalue weighted by Crippen LogP contribution is 2.12. The van der Waals surface area contributed by atoms with E-state index in [2.05, 4.69) is 4.98 Å². The van der Waals surface area contributed by atoms with Crippen LogP contribution in [0.1, 0.15) is 26.7 Å². The van der Waals surface area contributed by atoms with Gasteiger partial charge < -0.3 is 14.9 Å². The van der Waals surface area contributed by atoms with Crippen molar-refractivity contribution in [2.45, 2.75) is 6.42 Å². The van der Waals surface area contributed by atoms with Gasteiger partial charge in [-0.05, 0) is 27.1 Å². The van der Waals surface area contributed by atoms with E-state index >= 15 is 0 Å². The lowest BCUT2D eigenvalue weighted by atomic mass is 10.3. The van der Waals surface area contributed by atoms with Crippen LogP contribution in [0.3, 0.4) is 0 Å². The summed E-state index contributed by atoms with van der Waals surface area (Å²) in [4.78, 5) is 30.0. The summed E-state index contributed by atoms with van der Waals surface area (Å²) in [5.41, 5.74) is -0.0787. The molecule has 0 aromatic carbocycles. The first-order valence-electron chi connectivity index (χ1n) is 5.51. The molecule has 0 saturated carbocycles. The molecule has 100 valence electrons. The number of carboxylic acid groups (broad SMARTS) is 1. The van der Waals surface area contributed by atoms with Gasteiger partial charge in [0.25, 0.3) is 5.91 Å². The summed E-state index contributed by atoms with van der Waals surface area (Å²) in [7, 11) is 5.64. The van der Waals surface area contributed by atoms with Gasteiger partial charge in [0.1, 0.15) is 0 Å². The Kier molecular flexibility index (Phi) is 5.24. The fraction of sp³-hybridized carbons (Fsp3) is 0.545. The molecule has 0 atom stereocenters. The molecule has 0 saturated heterocycles. The Morgan fingerprint density at radius 3 is 2.50 bits per heavy atom. The van der Waals surface area contributed by atoms with Crippen molar-refractivity contribution in [3.8, 4) is 0 Å². The molecule has 0 spiro atoms. The fourth-order valence-electron chi connectivity index (χ4n) is 1.36. The lowest BCUT2D eigenvalue weighted by molar-refractivity contribution is 0.0691. The molecule has 7 heteroatoms. The third kappa shape index (κ3) is 4.08. The highest BCUT2D eigenvalue weighted by Gasteiger charge is 2.17. The first kappa shape index (κ1) is 14.6. The van der Waals surface area contributed by atoms with Gasteiger partial charge in [0.05, 0.1) is 0 Å². The van der Waals surface area contributed by atoms with E-state index < -0.39 is 5.97 Å². The molecular formula is C11H17N3O3S. The minimum atomic E-state index is -1.11. The number of thiazole rings is 1. The van der Waals surface area contributed by atoms with Gasteiger partial charge in [0.2, 0.25) is 0 Å². The molecule has 1 aromatic rings. The van der Waals surface area contributed by atoms with Crippen molar-refractivity contribution in [1.82, 2.24) is 14.8 Å². The van der Waals surface area contributed by atoms with E-state index in [9.17, 15) is 9.59 Å². The van der Waals surface area contributed by atoms with Crippen molar-refractivity contribution in [1.29, 1.82) is 0 Å². The topological polar surface area (TPSA) is 73.7 Å². The number of aromatic nitrogens is 1. The second kappa shape index (κ2) is 6.46. The second-order valence-electron chi connectivity index (χ2n) is 4.23. The largest absolute Gasteiger partial charge is 0.476 e. The van der Waals surface area contributed by atoms with Crippen LogP contribution in [0.4, 0.5) is 0 Å². The van der Waals surface area contributed by atoms with Crippen molar-refractivity contribution in [3.05, 3.63) is 16.1 Å². The Morgan fingerprint density at radius 2 is 2.00 bits per heavy atom. The van der Waals surface area contributed by atoms with Crippen LogP contribution in [0.2, 0.25) is 0 Å². The first-order valence-corrected chi connectivity index (χ1v) is 6.38. The van der Waals surface area contributed by atoms with E-state index in [1.54, 1.807) is 11.9 Å². The minimum absolute atomic E-state index is 0.0787. The molecule has 6 nitrogen and oxygen atoms in total. The van der Waals surface area contributed by atoms with Crippen LogP contribution in [0, 0.1) is 0 Å². The average molecular weight is 271 g/mol. The van der Waals surface area contributed by atoms with Gasteiger partial charge in [-0.15, -0.1) is 11.3 Å². The standard InChI is InChI=1S/C11H17N3O3S/c1-13(2)5-4-6-14(3)10(15)9-12-8(7-18-9)11(16)17/h7H,4-6H2,1-3H3,(H,16,17). The number of rotatable bonds is 6. The molecule has 1 heterocycles. The number of hydrogen-bond donors (Lipinski definition) is 1. The van der Waals surface area contributed by atoms with Gasteiger partial charge in [-0.3, -0.25) is 4.79 Å². The zero-order valence-electron chi connectivity index (χ0n) is 10.7. The second-order valence-corrected chi connectivity index (χ2v) is 5.08. The molecule has 1 aromatic heterocycles. The van der Waals surface area contributed by atoms with Crippen molar-refractivity contribution in [3.63, 3.8) is 0 Å². The molecule has 0 aliphatic carbocycles. The number of aromatic carboxylic acids is 1. The third-order valence-electron chi connectivity index (χ3n) is 2.35. The van der Waals surface area contributed by atoms with E-state index in [-0.39, 0.29) is 16.6 Å². The monoisotopic (exact) mass is 271 g/mol. The number of hydrogen-bond acceptors (Lipinski definition) is 5. The van der Waals surface area contributed by atoms with Gasteiger partial charge in [-0.25, -0.2) is 9.78 Å². The zero-order chi connectivity index (χ0) is 13.7. The van der Waals surface area contributed by atoms with E-state index in [0.29, 0.717) is 6.54 Å². The van der Waals surface area contributed by atoms with Crippen molar-refractivity contribution >= 4 is 23.2 Å². The molecule has 0 radical (unpaired) electrons. The average Bonchev–Trinajstić information content (AvgIpc) is 2.76. The van der Waals surface area contributed by atoms with Gasteiger partial charge in [-0.2, -0.15) is 0 Å². The van der Waals surface area contributed by atoms with Gasteiger partial charge in [0, 0.05) is 19.0 Å². The zero-order valence-corrected chi connectivity index (χ0v) is 11.5. The summed E-state index contributed by atoms with van der Waals surface area (Å²) >= 11 is 1.06. The number of carbonyl (C=O) groups is 2. The summed E-state index contributed by atoms with van der Waals surface area (Å²) in [6.45, 7) is 1.52. The van der Waals surface area contributed by atoms with Crippen LogP contribution in [-0.2, 0) is 0 Å². The SMILES string of the molecule is CN(C)CCCN(C)C(=O)c1nc(C(=O)O)cs1. The van der Waals surface area contributed by atoms with Gasteiger partial charge in [-0.1, -0.05) is 0 Å². The van der Waals surface area contributed by atoms with E-state index in [1.807, 2.05) is 19.0 Å². The van der Waals surface area contributed by atoms with E-state index in [0.717, 1.165) is 24.3 Å². The quantitative estimate of drug-likeness (QED) is 0.831. The van der Waals surface area contributed by atoms with Crippen molar-refractivity contribution in [2.75, 3.05) is 34.2 Å². The van der Waals surface area contributed by atoms with E-state index in [4.69, 9.17) is 5.11 Å². The van der Waals surface area contributed by atoms with Crippen molar-refractivity contribution in [2.24, 2.45) is 0 Å². The number of nitrogens with zero attached hydrogens (tertiary/aromatic N) is 3. The fourth-order valence-corrected chi connectivity index (χ4v) is 2.14. The van der Waals surface area contributed by atoms with Crippen LogP contribution < -0.4 is 0 Å². The maximum atomic E-state index is 11.9. The maximum absolute atomic E-state index is 11.9. The first-order chi connectivity index (χ1) is 8.41. The Hall–Kier alpha value is -1.47. The summed E-state index contributed by atoms with van der Waals surface area (Å²) in [5.74, 6) is -1.34. The molecule has 1 rings (SSSR count). The maximum Gasteiger partial charge on any atom is 0.355 e. The van der Waals surface area contributed by atoms with Crippen LogP contribution in [0.5, 0.6) is 0 Å². The molecule has 1 amide bonds. The van der Waals surface area contributed by atoms with Gasteiger partial charge >= 0.3 is 5.97 Å². The van der Waals surface area contributed by atoms with Crippen LogP contribution in [0.15, 0.2) is 5.38 Å². The summed E-state index contributed by atoms with van der Waals surface area (Å²) < 4.78 is 0. The summed E-state index contributed by atoms with van der Waals surface area (Å²) in [5, 5.41) is 10.3. The Balaban J connectivity index is 2.54.